The minimum absolute atomic E-state index is 0.155. The van der Waals surface area contributed by atoms with Gasteiger partial charge in [-0.3, -0.25) is 4.57 Å². The molecule has 0 bridgehead atoms. The van der Waals surface area contributed by atoms with Gasteiger partial charge in [-0.15, -0.1) is 0 Å². The molecule has 48 heavy (non-hydrogen) atoms. The first-order valence-corrected chi connectivity index (χ1v) is 16.7. The molecule has 1 aromatic heterocycles. The fraction of sp³-hybridized carbons (Fsp3) is 0.0652. The van der Waals surface area contributed by atoms with E-state index in [-0.39, 0.29) is 5.41 Å². The Bertz CT molecular complexity index is 2730. The van der Waals surface area contributed by atoms with Crippen LogP contribution in [0, 0.1) is 0 Å². The van der Waals surface area contributed by atoms with E-state index in [0.717, 1.165) is 22.4 Å². The molecule has 0 atom stereocenters. The first-order chi connectivity index (χ1) is 23.6. The van der Waals surface area contributed by atoms with Gasteiger partial charge in [0.1, 0.15) is 5.82 Å². The summed E-state index contributed by atoms with van der Waals surface area (Å²) in [6.45, 7) is 4.56. The maximum atomic E-state index is 5.32. The lowest BCUT2D eigenvalue weighted by Crippen LogP contribution is -2.16. The molecule has 2 nitrogen and oxygen atoms in total. The van der Waals surface area contributed by atoms with Gasteiger partial charge in [-0.1, -0.05) is 127 Å². The summed E-state index contributed by atoms with van der Waals surface area (Å²) in [4.78, 5) is 5.32. The lowest BCUT2D eigenvalue weighted by molar-refractivity contribution is 0.621. The van der Waals surface area contributed by atoms with Gasteiger partial charge in [0, 0.05) is 5.56 Å². The number of rotatable bonds is 3. The zero-order valence-electron chi connectivity index (χ0n) is 26.9. The van der Waals surface area contributed by atoms with Crippen LogP contribution in [-0.4, -0.2) is 9.55 Å². The Labute approximate surface area is 279 Å². The van der Waals surface area contributed by atoms with Gasteiger partial charge in [0.2, 0.25) is 0 Å². The fourth-order valence-electron chi connectivity index (χ4n) is 8.14. The molecule has 0 spiro atoms. The second kappa shape index (κ2) is 10.0. The molecule has 8 aromatic carbocycles. The van der Waals surface area contributed by atoms with Gasteiger partial charge in [-0.25, -0.2) is 4.98 Å². The van der Waals surface area contributed by atoms with Crippen molar-refractivity contribution in [1.29, 1.82) is 0 Å². The molecule has 0 saturated heterocycles. The van der Waals surface area contributed by atoms with Crippen molar-refractivity contribution in [2.75, 3.05) is 0 Å². The summed E-state index contributed by atoms with van der Waals surface area (Å²) in [5.41, 5.74) is 11.8. The standard InChI is InChI=1S/C46H32N2/c1-46(2)41-21-7-8-22-42(41)48-43-23-11-20-34(44(43)47-45(46)48)33-15-10-14-31(27-33)29-12-9-13-30(26-29)32-24-25-39-37-18-4-3-16-35(37)36-17-5-6-19-38(36)40(39)28-32/h3-28H,1-2H3. The van der Waals surface area contributed by atoms with Gasteiger partial charge >= 0.3 is 0 Å². The normalized spacial score (nSPS) is 13.4. The van der Waals surface area contributed by atoms with Gasteiger partial charge in [-0.05, 0) is 110 Å². The highest BCUT2D eigenvalue weighted by Crippen LogP contribution is 2.45. The minimum Gasteiger partial charge on any atom is -0.295 e. The molecule has 2 heteroatoms. The maximum absolute atomic E-state index is 5.32. The summed E-state index contributed by atoms with van der Waals surface area (Å²) >= 11 is 0. The largest absolute Gasteiger partial charge is 0.295 e. The first kappa shape index (κ1) is 27.2. The van der Waals surface area contributed by atoms with Crippen LogP contribution in [0.2, 0.25) is 0 Å². The molecule has 0 unspecified atom stereocenters. The Hall–Kier alpha value is -5.99. The van der Waals surface area contributed by atoms with Crippen molar-refractivity contribution in [3.63, 3.8) is 0 Å². The van der Waals surface area contributed by atoms with Crippen LogP contribution in [-0.2, 0) is 5.41 Å². The molecule has 0 N–H and O–H groups in total. The Morgan fingerprint density at radius 3 is 1.65 bits per heavy atom. The van der Waals surface area contributed by atoms with Crippen molar-refractivity contribution >= 4 is 43.4 Å². The van der Waals surface area contributed by atoms with Crippen molar-refractivity contribution in [1.82, 2.24) is 9.55 Å². The summed E-state index contributed by atoms with van der Waals surface area (Å²) in [6.07, 6.45) is 0. The molecule has 0 radical (unpaired) electrons. The predicted octanol–water partition coefficient (Wildman–Crippen LogP) is 12.1. The van der Waals surface area contributed by atoms with Gasteiger partial charge in [-0.2, -0.15) is 0 Å². The number of hydrogen-bond acceptors (Lipinski definition) is 1. The Kier molecular flexibility index (Phi) is 5.66. The quantitative estimate of drug-likeness (QED) is 0.182. The molecule has 0 fully saturated rings. The summed E-state index contributed by atoms with van der Waals surface area (Å²) in [5, 5.41) is 7.79. The van der Waals surface area contributed by atoms with Gasteiger partial charge in [0.05, 0.1) is 22.1 Å². The van der Waals surface area contributed by atoms with Crippen LogP contribution in [0.15, 0.2) is 158 Å². The number of fused-ring (bicyclic) bond motifs is 11. The van der Waals surface area contributed by atoms with Crippen molar-refractivity contribution < 1.29 is 0 Å². The van der Waals surface area contributed by atoms with Gasteiger partial charge in [0.25, 0.3) is 0 Å². The molecular weight excluding hydrogens is 581 g/mol. The van der Waals surface area contributed by atoms with Crippen LogP contribution in [0.25, 0.3) is 82.4 Å². The zero-order valence-corrected chi connectivity index (χ0v) is 26.9. The van der Waals surface area contributed by atoms with E-state index in [1.54, 1.807) is 0 Å². The highest BCUT2D eigenvalue weighted by molar-refractivity contribution is 6.25. The van der Waals surface area contributed by atoms with Crippen LogP contribution in [0.1, 0.15) is 25.2 Å². The number of para-hydroxylation sites is 2. The van der Waals surface area contributed by atoms with Crippen LogP contribution in [0.4, 0.5) is 0 Å². The van der Waals surface area contributed by atoms with Crippen LogP contribution >= 0.6 is 0 Å². The Balaban J connectivity index is 1.08. The average molecular weight is 613 g/mol. The zero-order chi connectivity index (χ0) is 32.0. The first-order valence-electron chi connectivity index (χ1n) is 16.7. The average Bonchev–Trinajstić information content (AvgIpc) is 3.65. The van der Waals surface area contributed by atoms with Crippen molar-refractivity contribution in [3.05, 3.63) is 169 Å². The number of benzene rings is 8. The van der Waals surface area contributed by atoms with Crippen LogP contribution < -0.4 is 0 Å². The fourth-order valence-corrected chi connectivity index (χ4v) is 8.14. The second-order valence-corrected chi connectivity index (χ2v) is 13.6. The van der Waals surface area contributed by atoms with E-state index in [2.05, 4.69) is 176 Å². The molecule has 0 amide bonds. The van der Waals surface area contributed by atoms with Crippen LogP contribution in [0.5, 0.6) is 0 Å². The number of aromatic nitrogens is 2. The third-order valence-electron chi connectivity index (χ3n) is 10.5. The molecule has 0 aliphatic carbocycles. The summed E-state index contributed by atoms with van der Waals surface area (Å²) < 4.78 is 2.36. The molecule has 2 heterocycles. The second-order valence-electron chi connectivity index (χ2n) is 13.6. The van der Waals surface area contributed by atoms with Gasteiger partial charge in [0.15, 0.2) is 0 Å². The van der Waals surface area contributed by atoms with E-state index in [9.17, 15) is 0 Å². The maximum Gasteiger partial charge on any atom is 0.124 e. The summed E-state index contributed by atoms with van der Waals surface area (Å²) in [7, 11) is 0. The Morgan fingerprint density at radius 1 is 0.438 bits per heavy atom. The smallest absolute Gasteiger partial charge is 0.124 e. The lowest BCUT2D eigenvalue weighted by Gasteiger charge is -2.17. The number of nitrogens with zero attached hydrogens (tertiary/aromatic N) is 2. The molecule has 10 rings (SSSR count). The van der Waals surface area contributed by atoms with E-state index < -0.39 is 0 Å². The van der Waals surface area contributed by atoms with Crippen molar-refractivity contribution in [2.24, 2.45) is 0 Å². The van der Waals surface area contributed by atoms with E-state index >= 15 is 0 Å². The molecular formula is C46H32N2. The third kappa shape index (κ3) is 3.83. The van der Waals surface area contributed by atoms with E-state index in [1.807, 2.05) is 0 Å². The molecule has 9 aromatic rings. The summed E-state index contributed by atoms with van der Waals surface area (Å²) in [5.74, 6) is 1.10. The van der Waals surface area contributed by atoms with Crippen LogP contribution in [0.3, 0.4) is 0 Å². The molecule has 0 saturated carbocycles. The van der Waals surface area contributed by atoms with E-state index in [0.29, 0.717) is 0 Å². The van der Waals surface area contributed by atoms with Crippen molar-refractivity contribution in [2.45, 2.75) is 19.3 Å². The van der Waals surface area contributed by atoms with E-state index in [1.165, 1.54) is 71.4 Å². The minimum atomic E-state index is -0.155. The predicted molar refractivity (Wildman–Crippen MR) is 202 cm³/mol. The molecule has 1 aliphatic heterocycles. The van der Waals surface area contributed by atoms with E-state index in [4.69, 9.17) is 4.98 Å². The highest BCUT2D eigenvalue weighted by Gasteiger charge is 2.38. The Morgan fingerprint density at radius 2 is 0.958 bits per heavy atom. The lowest BCUT2D eigenvalue weighted by atomic mass is 9.85. The van der Waals surface area contributed by atoms with Gasteiger partial charge < -0.3 is 0 Å². The monoisotopic (exact) mass is 612 g/mol. The topological polar surface area (TPSA) is 17.8 Å². The van der Waals surface area contributed by atoms with Crippen molar-refractivity contribution in [3.8, 4) is 39.1 Å². The number of hydrogen-bond donors (Lipinski definition) is 0. The third-order valence-corrected chi connectivity index (χ3v) is 10.5. The highest BCUT2D eigenvalue weighted by atomic mass is 15.1. The molecule has 1 aliphatic rings. The summed E-state index contributed by atoms with van der Waals surface area (Å²) in [6, 6.07) is 57.7. The SMILES string of the molecule is CC1(C)c2ccccc2-n2c1nc1c(-c3cccc(-c4cccc(-c5ccc6c7ccccc7c7ccccc7c6c5)c4)c3)cccc12. The molecule has 226 valence electrons. The number of imidazole rings is 1.